The monoisotopic (exact) mass is 496 g/mol. The molecule has 3 rings (SSSR count). The third-order valence-electron chi connectivity index (χ3n) is 5.03. The Hall–Kier alpha value is -2.92. The Kier molecular flexibility index (Phi) is 7.75. The molecule has 1 heterocycles. The van der Waals surface area contributed by atoms with E-state index in [1.165, 1.54) is 30.0 Å². The van der Waals surface area contributed by atoms with Crippen molar-refractivity contribution in [2.24, 2.45) is 0 Å². The number of benzene rings is 2. The Morgan fingerprint density at radius 3 is 2.36 bits per heavy atom. The van der Waals surface area contributed by atoms with Crippen molar-refractivity contribution in [2.75, 3.05) is 24.4 Å². The molecular weight excluding hydrogens is 474 g/mol. The number of halogens is 2. The van der Waals surface area contributed by atoms with Crippen molar-refractivity contribution in [1.82, 2.24) is 4.57 Å². The molecule has 0 aliphatic carbocycles. The van der Waals surface area contributed by atoms with Crippen LogP contribution in [0.5, 0.6) is 0 Å². The molecule has 0 radical (unpaired) electrons. The third kappa shape index (κ3) is 6.11. The van der Waals surface area contributed by atoms with Crippen LogP contribution in [-0.4, -0.2) is 42.4 Å². The molecule has 11 heteroatoms. The fourth-order valence-corrected chi connectivity index (χ4v) is 4.80. The lowest BCUT2D eigenvalue weighted by atomic mass is 10.1. The van der Waals surface area contributed by atoms with E-state index in [0.717, 1.165) is 29.6 Å². The van der Waals surface area contributed by atoms with E-state index in [0.29, 0.717) is 34.9 Å². The van der Waals surface area contributed by atoms with Gasteiger partial charge in [0.25, 0.3) is 5.09 Å². The third-order valence-corrected chi connectivity index (χ3v) is 7.11. The number of hydrogen-bond donors (Lipinski definition) is 0. The predicted octanol–water partition coefficient (Wildman–Crippen LogP) is 4.62. The summed E-state index contributed by atoms with van der Waals surface area (Å²) in [5, 5.41) is 9.39. The quantitative estimate of drug-likeness (QED) is 0.231. The Morgan fingerprint density at radius 2 is 1.76 bits per heavy atom. The van der Waals surface area contributed by atoms with Crippen molar-refractivity contribution < 1.29 is 27.1 Å². The number of thioether (sulfide) groups is 1. The Balaban J connectivity index is 1.94. The van der Waals surface area contributed by atoms with Gasteiger partial charge in [-0.1, -0.05) is 12.1 Å². The minimum absolute atomic E-state index is 0.00442. The topological polar surface area (TPSA) is 91.4 Å². The summed E-state index contributed by atoms with van der Waals surface area (Å²) >= 11 is 1.50. The largest absolute Gasteiger partial charge is 0.314 e. The van der Waals surface area contributed by atoms with Crippen LogP contribution < -0.4 is 0 Å². The summed E-state index contributed by atoms with van der Waals surface area (Å²) in [4.78, 5) is 14.7. The Bertz CT molecular complexity index is 1260. The number of nitrogens with zero attached hydrogens (tertiary/aromatic N) is 2. The van der Waals surface area contributed by atoms with Crippen molar-refractivity contribution >= 4 is 21.6 Å². The van der Waals surface area contributed by atoms with Crippen LogP contribution in [0.1, 0.15) is 11.3 Å². The minimum atomic E-state index is -3.36. The van der Waals surface area contributed by atoms with Crippen molar-refractivity contribution in [3.8, 4) is 16.9 Å². The molecule has 0 aliphatic rings. The molecule has 0 N–H and O–H groups in total. The van der Waals surface area contributed by atoms with Crippen LogP contribution in [0.15, 0.2) is 53.4 Å². The highest BCUT2D eigenvalue weighted by Gasteiger charge is 2.17. The number of sulfone groups is 1. The maximum Gasteiger partial charge on any atom is 0.294 e. The molecule has 0 saturated carbocycles. The maximum atomic E-state index is 14.0. The van der Waals surface area contributed by atoms with Crippen LogP contribution in [0.4, 0.5) is 8.78 Å². The molecule has 176 valence electrons. The molecule has 0 amide bonds. The molecule has 0 spiro atoms. The lowest BCUT2D eigenvalue weighted by Gasteiger charge is -2.13. The first-order valence-electron chi connectivity index (χ1n) is 9.90. The first kappa shape index (κ1) is 24.7. The summed E-state index contributed by atoms with van der Waals surface area (Å²) in [6.45, 7) is 1.87. The second-order valence-electron chi connectivity index (χ2n) is 7.29. The summed E-state index contributed by atoms with van der Waals surface area (Å²) in [7, 11) is -3.36. The summed E-state index contributed by atoms with van der Waals surface area (Å²) in [6.07, 6.45) is 1.77. The van der Waals surface area contributed by atoms with Gasteiger partial charge in [0, 0.05) is 29.5 Å². The van der Waals surface area contributed by atoms with Crippen molar-refractivity contribution in [3.05, 3.63) is 81.5 Å². The second kappa shape index (κ2) is 10.3. The van der Waals surface area contributed by atoms with E-state index in [1.807, 2.05) is 13.0 Å². The standard InChI is InChI=1S/C22H22F2N2O5S2/c1-15-17(9-11-32-12-10-31-26(27)28)13-22(16-3-6-19(7-4-16)33(2,29)30)25(15)18-5-8-20(23)21(24)14-18/h3-8,13-14H,9-12H2,1-2H3. The van der Waals surface area contributed by atoms with Crippen LogP contribution in [0.2, 0.25) is 0 Å². The molecule has 0 atom stereocenters. The number of aromatic nitrogens is 1. The zero-order valence-corrected chi connectivity index (χ0v) is 19.6. The molecule has 2 aromatic carbocycles. The lowest BCUT2D eigenvalue weighted by molar-refractivity contribution is -0.756. The fraction of sp³-hybridized carbons (Fsp3) is 0.273. The van der Waals surface area contributed by atoms with Gasteiger partial charge in [0.05, 0.1) is 10.6 Å². The van der Waals surface area contributed by atoms with Crippen LogP contribution in [-0.2, 0) is 21.1 Å². The average molecular weight is 497 g/mol. The Morgan fingerprint density at radius 1 is 1.06 bits per heavy atom. The van der Waals surface area contributed by atoms with E-state index in [9.17, 15) is 27.3 Å². The van der Waals surface area contributed by atoms with Crippen molar-refractivity contribution in [2.45, 2.75) is 18.2 Å². The SMILES string of the molecule is Cc1c(CCSCCO[N+](=O)[O-])cc(-c2ccc(S(C)(=O)=O)cc2)n1-c1ccc(F)c(F)c1. The van der Waals surface area contributed by atoms with Crippen molar-refractivity contribution in [3.63, 3.8) is 0 Å². The first-order valence-corrected chi connectivity index (χ1v) is 12.9. The lowest BCUT2D eigenvalue weighted by Crippen LogP contribution is -2.05. The molecule has 0 bridgehead atoms. The predicted molar refractivity (Wildman–Crippen MR) is 123 cm³/mol. The van der Waals surface area contributed by atoms with E-state index in [-0.39, 0.29) is 11.5 Å². The van der Waals surface area contributed by atoms with Gasteiger partial charge in [0.1, 0.15) is 6.61 Å². The summed E-state index contributed by atoms with van der Waals surface area (Å²) < 4.78 is 52.9. The molecular formula is C22H22F2N2O5S2. The average Bonchev–Trinajstić information content (AvgIpc) is 3.08. The highest BCUT2D eigenvalue weighted by Crippen LogP contribution is 2.31. The van der Waals surface area contributed by atoms with Crippen LogP contribution in [0.3, 0.4) is 0 Å². The zero-order valence-electron chi connectivity index (χ0n) is 18.0. The maximum absolute atomic E-state index is 14.0. The van der Waals surface area contributed by atoms with E-state index in [2.05, 4.69) is 4.84 Å². The normalized spacial score (nSPS) is 11.5. The van der Waals surface area contributed by atoms with Gasteiger partial charge in [0.15, 0.2) is 21.5 Å². The Labute approximate surface area is 194 Å². The second-order valence-corrected chi connectivity index (χ2v) is 10.5. The van der Waals surface area contributed by atoms with Crippen LogP contribution >= 0.6 is 11.8 Å². The molecule has 33 heavy (non-hydrogen) atoms. The van der Waals surface area contributed by atoms with Crippen LogP contribution in [0, 0.1) is 28.7 Å². The van der Waals surface area contributed by atoms with Gasteiger partial charge in [-0.05, 0) is 60.6 Å². The molecule has 3 aromatic rings. The van der Waals surface area contributed by atoms with Crippen molar-refractivity contribution in [1.29, 1.82) is 0 Å². The molecule has 0 aliphatic heterocycles. The van der Waals surface area contributed by atoms with Crippen LogP contribution in [0.25, 0.3) is 16.9 Å². The number of aryl methyl sites for hydroxylation is 1. The molecule has 0 fully saturated rings. The molecule has 0 saturated heterocycles. The summed E-state index contributed by atoms with van der Waals surface area (Å²) in [5.74, 6) is -0.780. The highest BCUT2D eigenvalue weighted by atomic mass is 32.2. The van der Waals surface area contributed by atoms with E-state index in [1.54, 1.807) is 16.7 Å². The van der Waals surface area contributed by atoms with E-state index in [4.69, 9.17) is 0 Å². The number of hydrogen-bond acceptors (Lipinski definition) is 6. The van der Waals surface area contributed by atoms with E-state index < -0.39 is 26.6 Å². The van der Waals surface area contributed by atoms with Gasteiger partial charge in [-0.2, -0.15) is 11.8 Å². The molecule has 7 nitrogen and oxygen atoms in total. The summed E-state index contributed by atoms with van der Waals surface area (Å²) in [6, 6.07) is 12.0. The van der Waals surface area contributed by atoms with Gasteiger partial charge in [-0.25, -0.2) is 17.2 Å². The smallest absolute Gasteiger partial charge is 0.294 e. The van der Waals surface area contributed by atoms with Gasteiger partial charge in [-0.3, -0.25) is 0 Å². The van der Waals surface area contributed by atoms with Gasteiger partial charge >= 0.3 is 0 Å². The van der Waals surface area contributed by atoms with Gasteiger partial charge in [0.2, 0.25) is 0 Å². The van der Waals surface area contributed by atoms with E-state index >= 15 is 0 Å². The van der Waals surface area contributed by atoms with Gasteiger partial charge in [-0.15, -0.1) is 10.1 Å². The fourth-order valence-electron chi connectivity index (χ4n) is 3.41. The van der Waals surface area contributed by atoms with Gasteiger partial charge < -0.3 is 9.40 Å². The minimum Gasteiger partial charge on any atom is -0.314 e. The summed E-state index contributed by atoms with van der Waals surface area (Å²) in [5.41, 5.74) is 3.64. The highest BCUT2D eigenvalue weighted by molar-refractivity contribution is 7.99. The molecule has 0 unspecified atom stereocenters. The number of rotatable bonds is 10. The molecule has 1 aromatic heterocycles. The zero-order chi connectivity index (χ0) is 24.2. The first-order chi connectivity index (χ1) is 15.6.